The molecule has 0 radical (unpaired) electrons. The molecule has 0 spiro atoms. The number of nitrogens with one attached hydrogen (secondary N) is 1. The molecule has 0 aliphatic carbocycles. The second-order valence-electron chi connectivity index (χ2n) is 6.18. The lowest BCUT2D eigenvalue weighted by atomic mass is 10.1. The van der Waals surface area contributed by atoms with Crippen LogP contribution in [0.15, 0.2) is 53.8 Å². The predicted octanol–water partition coefficient (Wildman–Crippen LogP) is 5.45. The van der Waals surface area contributed by atoms with Gasteiger partial charge in [-0.15, -0.1) is 0 Å². The predicted molar refractivity (Wildman–Crippen MR) is 114 cm³/mol. The average molecular weight is 499 g/mol. The summed E-state index contributed by atoms with van der Waals surface area (Å²) < 4.78 is 59.1. The molecule has 0 bridgehead atoms. The van der Waals surface area contributed by atoms with Gasteiger partial charge in [0.25, 0.3) is 5.56 Å². The fourth-order valence-corrected chi connectivity index (χ4v) is 2.93. The van der Waals surface area contributed by atoms with Gasteiger partial charge in [0.05, 0.1) is 46.0 Å². The van der Waals surface area contributed by atoms with Gasteiger partial charge in [0.15, 0.2) is 11.6 Å². The van der Waals surface area contributed by atoms with Crippen LogP contribution in [0.4, 0.5) is 17.6 Å². The highest BCUT2D eigenvalue weighted by Crippen LogP contribution is 2.30. The van der Waals surface area contributed by atoms with Crippen molar-refractivity contribution in [1.82, 2.24) is 19.9 Å². The molecular formula is C21H12Cl2F4N4O2. The van der Waals surface area contributed by atoms with E-state index in [0.29, 0.717) is 0 Å². The van der Waals surface area contributed by atoms with Crippen molar-refractivity contribution >= 4 is 23.2 Å². The van der Waals surface area contributed by atoms with Crippen molar-refractivity contribution in [2.24, 2.45) is 0 Å². The van der Waals surface area contributed by atoms with Gasteiger partial charge in [0.2, 0.25) is 5.88 Å². The first kappa shape index (κ1) is 24.1. The Morgan fingerprint density at radius 3 is 1.88 bits per heavy atom. The highest BCUT2D eigenvalue weighted by molar-refractivity contribution is 6.31. The Morgan fingerprint density at radius 2 is 1.36 bits per heavy atom. The van der Waals surface area contributed by atoms with Crippen molar-refractivity contribution in [1.29, 1.82) is 0 Å². The van der Waals surface area contributed by atoms with Crippen molar-refractivity contribution in [3.8, 4) is 28.4 Å². The summed E-state index contributed by atoms with van der Waals surface area (Å²) in [6.45, 7) is 0. The van der Waals surface area contributed by atoms with Crippen molar-refractivity contribution < 1.29 is 22.3 Å². The number of halogens is 6. The lowest BCUT2D eigenvalue weighted by Crippen LogP contribution is -2.06. The molecule has 0 fully saturated rings. The summed E-state index contributed by atoms with van der Waals surface area (Å²) >= 11 is 11.1. The van der Waals surface area contributed by atoms with Crippen LogP contribution in [-0.2, 0) is 0 Å². The SMILES string of the molecule is COc1cc(-c2c(F)ccc(Cl)c2F)ncn1.O=c1cc(-c2c(F)ccc(Cl)c2F)nc[nH]1. The van der Waals surface area contributed by atoms with Crippen LogP contribution in [0.1, 0.15) is 0 Å². The van der Waals surface area contributed by atoms with Gasteiger partial charge < -0.3 is 9.72 Å². The molecule has 0 aliphatic rings. The van der Waals surface area contributed by atoms with Gasteiger partial charge in [-0.25, -0.2) is 32.5 Å². The number of methoxy groups -OCH3 is 1. The molecule has 0 atom stereocenters. The summed E-state index contributed by atoms with van der Waals surface area (Å²) in [5.74, 6) is -3.13. The van der Waals surface area contributed by atoms with Crippen LogP contribution in [0.2, 0.25) is 10.0 Å². The highest BCUT2D eigenvalue weighted by Gasteiger charge is 2.17. The van der Waals surface area contributed by atoms with E-state index in [9.17, 15) is 22.4 Å². The van der Waals surface area contributed by atoms with E-state index in [1.165, 1.54) is 13.2 Å². The number of hydrogen-bond donors (Lipinski definition) is 1. The number of ether oxygens (including phenoxy) is 1. The summed E-state index contributed by atoms with van der Waals surface area (Å²) in [5, 5.41) is -0.391. The van der Waals surface area contributed by atoms with Crippen LogP contribution < -0.4 is 10.3 Å². The van der Waals surface area contributed by atoms with E-state index in [-0.39, 0.29) is 32.9 Å². The van der Waals surface area contributed by atoms with Crippen molar-refractivity contribution in [3.05, 3.63) is 92.7 Å². The molecule has 33 heavy (non-hydrogen) atoms. The zero-order valence-corrected chi connectivity index (χ0v) is 18.1. The van der Waals surface area contributed by atoms with Crippen molar-refractivity contribution in [2.45, 2.75) is 0 Å². The molecule has 0 amide bonds. The molecule has 4 aromatic rings. The molecule has 2 aromatic heterocycles. The molecule has 1 N–H and O–H groups in total. The number of hydrogen-bond acceptors (Lipinski definition) is 5. The quantitative estimate of drug-likeness (QED) is 0.300. The van der Waals surface area contributed by atoms with Crippen molar-refractivity contribution in [3.63, 3.8) is 0 Å². The first-order valence-corrected chi connectivity index (χ1v) is 9.67. The van der Waals surface area contributed by atoms with E-state index in [1.54, 1.807) is 0 Å². The minimum atomic E-state index is -0.931. The molecule has 2 aromatic carbocycles. The number of aromatic nitrogens is 4. The Bertz CT molecular complexity index is 1370. The van der Waals surface area contributed by atoms with Gasteiger partial charge in [0.1, 0.15) is 18.0 Å². The number of H-pyrrole nitrogens is 1. The van der Waals surface area contributed by atoms with E-state index in [4.69, 9.17) is 27.9 Å². The Balaban J connectivity index is 0.000000186. The third kappa shape index (κ3) is 5.47. The normalized spacial score (nSPS) is 10.4. The van der Waals surface area contributed by atoms with E-state index in [1.807, 2.05) is 0 Å². The highest BCUT2D eigenvalue weighted by atomic mass is 35.5. The van der Waals surface area contributed by atoms with Gasteiger partial charge in [-0.05, 0) is 24.3 Å². The Hall–Kier alpha value is -3.50. The maximum Gasteiger partial charge on any atom is 0.251 e. The van der Waals surface area contributed by atoms with Crippen LogP contribution in [0, 0.1) is 23.3 Å². The molecule has 0 aliphatic heterocycles. The standard InChI is InChI=1S/C11H7ClF2N2O.C10H5ClF2N2O/c1-17-9-4-8(15-5-16-9)10-7(13)3-2-6(12)11(10)14;11-5-1-2-6(12)9(10(5)13)7-3-8(16)15-4-14-7/h2-5H,1H3;1-4H,(H,14,15,16). The van der Waals surface area contributed by atoms with Crippen LogP contribution in [-0.4, -0.2) is 27.0 Å². The Kier molecular flexibility index (Phi) is 7.62. The molecule has 12 heteroatoms. The minimum absolute atomic E-state index is 0.0781. The molecule has 0 unspecified atom stereocenters. The molecule has 0 saturated carbocycles. The van der Waals surface area contributed by atoms with Gasteiger partial charge in [-0.1, -0.05) is 23.2 Å². The maximum atomic E-state index is 13.7. The largest absolute Gasteiger partial charge is 0.481 e. The molecular weight excluding hydrogens is 487 g/mol. The fourth-order valence-electron chi connectivity index (χ4n) is 2.62. The van der Waals surface area contributed by atoms with Crippen LogP contribution >= 0.6 is 23.2 Å². The lowest BCUT2D eigenvalue weighted by molar-refractivity contribution is 0.397. The van der Waals surface area contributed by atoms with Gasteiger partial charge in [0, 0.05) is 12.1 Å². The van der Waals surface area contributed by atoms with E-state index >= 15 is 0 Å². The maximum absolute atomic E-state index is 13.7. The number of rotatable bonds is 3. The van der Waals surface area contributed by atoms with Crippen LogP contribution in [0.5, 0.6) is 5.88 Å². The summed E-state index contributed by atoms with van der Waals surface area (Å²) in [4.78, 5) is 24.5. The molecule has 6 nitrogen and oxygen atoms in total. The number of aromatic amines is 1. The van der Waals surface area contributed by atoms with Crippen molar-refractivity contribution in [2.75, 3.05) is 7.11 Å². The smallest absolute Gasteiger partial charge is 0.251 e. The summed E-state index contributed by atoms with van der Waals surface area (Å²) in [6.07, 6.45) is 2.23. The van der Waals surface area contributed by atoms with Gasteiger partial charge in [-0.2, -0.15) is 0 Å². The third-order valence-electron chi connectivity index (χ3n) is 4.13. The van der Waals surface area contributed by atoms with Crippen LogP contribution in [0.3, 0.4) is 0 Å². The van der Waals surface area contributed by atoms with E-state index in [0.717, 1.165) is 43.0 Å². The van der Waals surface area contributed by atoms with E-state index < -0.39 is 34.4 Å². The molecule has 170 valence electrons. The summed E-state index contributed by atoms with van der Waals surface area (Å²) in [6, 6.07) is 6.67. The molecule has 0 saturated heterocycles. The first-order chi connectivity index (χ1) is 15.7. The first-order valence-electron chi connectivity index (χ1n) is 8.91. The molecule has 2 heterocycles. The number of benzene rings is 2. The lowest BCUT2D eigenvalue weighted by Gasteiger charge is -2.06. The fraction of sp³-hybridized carbons (Fsp3) is 0.0476. The minimum Gasteiger partial charge on any atom is -0.481 e. The summed E-state index contributed by atoms with van der Waals surface area (Å²) in [5.41, 5.74) is -1.21. The number of nitrogens with zero attached hydrogens (tertiary/aromatic N) is 3. The van der Waals surface area contributed by atoms with Gasteiger partial charge >= 0.3 is 0 Å². The summed E-state index contributed by atoms with van der Waals surface area (Å²) in [7, 11) is 1.40. The topological polar surface area (TPSA) is 80.8 Å². The molecule has 4 rings (SSSR count). The monoisotopic (exact) mass is 498 g/mol. The van der Waals surface area contributed by atoms with Gasteiger partial charge in [-0.3, -0.25) is 4.79 Å². The Labute approximate surface area is 193 Å². The van der Waals surface area contributed by atoms with Crippen LogP contribution in [0.25, 0.3) is 22.5 Å². The Morgan fingerprint density at radius 1 is 0.818 bits per heavy atom. The third-order valence-corrected chi connectivity index (χ3v) is 4.71. The zero-order chi connectivity index (χ0) is 24.1. The average Bonchev–Trinajstić information content (AvgIpc) is 2.80. The second kappa shape index (κ2) is 10.4. The zero-order valence-electron chi connectivity index (χ0n) is 16.5. The second-order valence-corrected chi connectivity index (χ2v) is 6.99. The van der Waals surface area contributed by atoms with E-state index in [2.05, 4.69) is 19.9 Å².